The summed E-state index contributed by atoms with van der Waals surface area (Å²) in [5, 5.41) is 13.7. The zero-order valence-electron chi connectivity index (χ0n) is 25.2. The Hall–Kier alpha value is -4.96. The highest BCUT2D eigenvalue weighted by atomic mass is 16.3. The molecule has 2 N–H and O–H groups in total. The molecule has 226 valence electrons. The van der Waals surface area contributed by atoms with E-state index in [0.29, 0.717) is 59.8 Å². The molecule has 2 aliphatic rings. The van der Waals surface area contributed by atoms with Crippen molar-refractivity contribution in [1.82, 2.24) is 14.5 Å². The van der Waals surface area contributed by atoms with Gasteiger partial charge in [0.15, 0.2) is 0 Å². The first-order valence-corrected chi connectivity index (χ1v) is 14.8. The van der Waals surface area contributed by atoms with Crippen molar-refractivity contribution in [1.29, 1.82) is 0 Å². The van der Waals surface area contributed by atoms with Gasteiger partial charge < -0.3 is 29.7 Å². The molecule has 1 fully saturated rings. The number of aryl methyl sites for hydroxylation is 1. The first-order valence-electron chi connectivity index (χ1n) is 14.8. The highest BCUT2D eigenvalue weighted by Crippen LogP contribution is 2.35. The van der Waals surface area contributed by atoms with E-state index in [9.17, 15) is 19.5 Å². The fraction of sp³-hybridized carbons (Fsp3) is 0.294. The number of pyridine rings is 2. The van der Waals surface area contributed by atoms with Crippen LogP contribution in [0, 0.1) is 0 Å². The van der Waals surface area contributed by atoms with Crippen LogP contribution < -0.4 is 20.7 Å². The minimum atomic E-state index is -0.282. The third-order valence-electron chi connectivity index (χ3n) is 8.41. The Kier molecular flexibility index (Phi) is 7.92. The minimum absolute atomic E-state index is 0.102. The summed E-state index contributed by atoms with van der Waals surface area (Å²) in [5.74, 6) is 0.559. The highest BCUT2D eigenvalue weighted by Gasteiger charge is 2.28. The second-order valence-electron chi connectivity index (χ2n) is 11.6. The number of nitrogens with one attached hydrogen (secondary N) is 1. The maximum absolute atomic E-state index is 13.7. The molecule has 10 heteroatoms. The second-order valence-corrected chi connectivity index (χ2v) is 11.6. The molecule has 0 radical (unpaired) electrons. The quantitative estimate of drug-likeness (QED) is 0.317. The van der Waals surface area contributed by atoms with E-state index < -0.39 is 0 Å². The summed E-state index contributed by atoms with van der Waals surface area (Å²) in [6, 6.07) is 16.9. The van der Waals surface area contributed by atoms with E-state index in [2.05, 4.69) is 16.4 Å². The van der Waals surface area contributed by atoms with Gasteiger partial charge in [0, 0.05) is 82.0 Å². The largest absolute Gasteiger partial charge is 0.392 e. The molecule has 1 saturated heterocycles. The third kappa shape index (κ3) is 5.56. The summed E-state index contributed by atoms with van der Waals surface area (Å²) >= 11 is 0. The molecule has 0 atom stereocenters. The van der Waals surface area contributed by atoms with Crippen LogP contribution in [0.1, 0.15) is 39.9 Å². The number of anilines is 4. The number of carbonyl (C=O) groups excluding carboxylic acids is 2. The summed E-state index contributed by atoms with van der Waals surface area (Å²) in [6.45, 7) is 1.49. The van der Waals surface area contributed by atoms with Crippen LogP contribution in [-0.4, -0.2) is 58.6 Å². The molecule has 6 rings (SSSR count). The lowest BCUT2D eigenvalue weighted by atomic mass is 9.94. The van der Waals surface area contributed by atoms with Gasteiger partial charge in [0.1, 0.15) is 11.5 Å². The van der Waals surface area contributed by atoms with Crippen LogP contribution >= 0.6 is 0 Å². The predicted octanol–water partition coefficient (Wildman–Crippen LogP) is 4.07. The second kappa shape index (κ2) is 12.0. The van der Waals surface area contributed by atoms with E-state index in [1.54, 1.807) is 36.5 Å². The first kappa shape index (κ1) is 29.1. The molecule has 0 spiro atoms. The van der Waals surface area contributed by atoms with Gasteiger partial charge in [0.2, 0.25) is 5.91 Å². The topological polar surface area (TPSA) is 111 Å². The van der Waals surface area contributed by atoms with Crippen molar-refractivity contribution in [2.24, 2.45) is 7.05 Å². The van der Waals surface area contributed by atoms with Gasteiger partial charge in [-0.25, -0.2) is 4.98 Å². The number of nitrogens with zero attached hydrogens (tertiary/aromatic N) is 5. The molecule has 2 aliphatic heterocycles. The van der Waals surface area contributed by atoms with Crippen molar-refractivity contribution in [2.45, 2.75) is 32.4 Å². The Morgan fingerprint density at radius 1 is 0.977 bits per heavy atom. The number of aliphatic hydroxyl groups excluding tert-OH is 1. The van der Waals surface area contributed by atoms with Gasteiger partial charge in [-0.2, -0.15) is 0 Å². The number of aliphatic hydroxyl groups is 1. The van der Waals surface area contributed by atoms with Crippen LogP contribution in [0.25, 0.3) is 11.1 Å². The van der Waals surface area contributed by atoms with Crippen molar-refractivity contribution in [3.8, 4) is 11.1 Å². The van der Waals surface area contributed by atoms with Gasteiger partial charge in [0.25, 0.3) is 11.5 Å². The Bertz CT molecular complexity index is 1800. The Balaban J connectivity index is 1.28. The number of likely N-dealkylation sites (tertiary alicyclic amines) is 1. The lowest BCUT2D eigenvalue weighted by Crippen LogP contribution is -2.38. The Morgan fingerprint density at radius 2 is 1.82 bits per heavy atom. The number of carbonyl (C=O) groups is 2. The third-order valence-corrected chi connectivity index (χ3v) is 8.41. The lowest BCUT2D eigenvalue weighted by molar-refractivity contribution is -0.128. The molecule has 44 heavy (non-hydrogen) atoms. The number of hydrogen-bond donors (Lipinski definition) is 2. The normalized spacial score (nSPS) is 14.6. The van der Waals surface area contributed by atoms with Gasteiger partial charge >= 0.3 is 0 Å². The summed E-state index contributed by atoms with van der Waals surface area (Å²) in [7, 11) is 5.63. The zero-order valence-corrected chi connectivity index (χ0v) is 25.2. The van der Waals surface area contributed by atoms with Crippen LogP contribution in [0.15, 0.2) is 71.8 Å². The average Bonchev–Trinajstić information content (AvgIpc) is 3.43. The SMILES string of the molecule is CN(C)c1ccc2c(c1)CCN(c1cccc(-c3cc(Nc4ccc(CN5CCCC5=O)cn4)c(=O)n(C)c3)c1CO)C2=O. The van der Waals surface area contributed by atoms with E-state index in [-0.39, 0.29) is 24.0 Å². The molecule has 0 aliphatic carbocycles. The van der Waals surface area contributed by atoms with Crippen LogP contribution in [-0.2, 0) is 31.4 Å². The van der Waals surface area contributed by atoms with E-state index in [1.807, 2.05) is 60.3 Å². The molecule has 2 aromatic carbocycles. The zero-order chi connectivity index (χ0) is 31.0. The number of amides is 2. The molecular weight excluding hydrogens is 556 g/mol. The smallest absolute Gasteiger partial charge is 0.274 e. The van der Waals surface area contributed by atoms with Crippen molar-refractivity contribution in [3.05, 3.63) is 99.6 Å². The molecule has 2 aromatic heterocycles. The highest BCUT2D eigenvalue weighted by molar-refractivity contribution is 6.09. The fourth-order valence-electron chi connectivity index (χ4n) is 6.02. The van der Waals surface area contributed by atoms with Crippen LogP contribution in [0.4, 0.5) is 22.9 Å². The number of aromatic nitrogens is 2. The van der Waals surface area contributed by atoms with Crippen molar-refractivity contribution in [2.75, 3.05) is 42.3 Å². The maximum Gasteiger partial charge on any atom is 0.274 e. The lowest BCUT2D eigenvalue weighted by Gasteiger charge is -2.31. The molecular formula is C34H36N6O4. The van der Waals surface area contributed by atoms with Crippen molar-refractivity contribution >= 4 is 34.7 Å². The summed E-state index contributed by atoms with van der Waals surface area (Å²) < 4.78 is 1.49. The van der Waals surface area contributed by atoms with E-state index in [0.717, 1.165) is 35.3 Å². The molecule has 0 unspecified atom stereocenters. The fourth-order valence-corrected chi connectivity index (χ4v) is 6.02. The van der Waals surface area contributed by atoms with E-state index in [4.69, 9.17) is 0 Å². The molecule has 4 aromatic rings. The molecule has 10 nitrogen and oxygen atoms in total. The summed E-state index contributed by atoms with van der Waals surface area (Å²) in [5.41, 5.74) is 6.44. The van der Waals surface area contributed by atoms with Crippen LogP contribution in [0.2, 0.25) is 0 Å². The standard InChI is InChI=1S/C34H36N6O4/c1-37(2)25-10-11-27-23(16-25)13-15-40(33(27)43)30-7-4-6-26(28(30)21-41)24-17-29(34(44)38(3)20-24)36-31-12-9-22(18-35-31)19-39-14-5-8-32(39)42/h4,6-7,9-12,16-18,20,41H,5,8,13-15,19,21H2,1-3H3,(H,35,36). The average molecular weight is 593 g/mol. The molecule has 0 saturated carbocycles. The van der Waals surface area contributed by atoms with Gasteiger partial charge in [-0.3, -0.25) is 14.4 Å². The Labute approximate surface area is 256 Å². The number of fused-ring (bicyclic) bond motifs is 1. The van der Waals surface area contributed by atoms with Gasteiger partial charge in [0.05, 0.1) is 12.3 Å². The van der Waals surface area contributed by atoms with E-state index in [1.165, 1.54) is 4.57 Å². The van der Waals surface area contributed by atoms with Gasteiger partial charge in [-0.15, -0.1) is 0 Å². The maximum atomic E-state index is 13.7. The summed E-state index contributed by atoms with van der Waals surface area (Å²) in [4.78, 5) is 48.8. The summed E-state index contributed by atoms with van der Waals surface area (Å²) in [6.07, 6.45) is 5.61. The monoisotopic (exact) mass is 592 g/mol. The van der Waals surface area contributed by atoms with Crippen LogP contribution in [0.5, 0.6) is 0 Å². The van der Waals surface area contributed by atoms with Gasteiger partial charge in [-0.05, 0) is 65.9 Å². The number of rotatable bonds is 8. The van der Waals surface area contributed by atoms with Gasteiger partial charge in [-0.1, -0.05) is 18.2 Å². The van der Waals surface area contributed by atoms with Crippen molar-refractivity contribution < 1.29 is 14.7 Å². The molecule has 2 amide bonds. The van der Waals surface area contributed by atoms with Crippen LogP contribution in [0.3, 0.4) is 0 Å². The number of hydrogen-bond acceptors (Lipinski definition) is 7. The van der Waals surface area contributed by atoms with E-state index >= 15 is 0 Å². The minimum Gasteiger partial charge on any atom is -0.392 e. The van der Waals surface area contributed by atoms with Crippen molar-refractivity contribution in [3.63, 3.8) is 0 Å². The predicted molar refractivity (Wildman–Crippen MR) is 171 cm³/mol. The number of benzene rings is 2. The molecule has 4 heterocycles. The first-order chi connectivity index (χ1) is 21.2. The Morgan fingerprint density at radius 3 is 2.52 bits per heavy atom. The molecule has 0 bridgehead atoms.